The van der Waals surface area contributed by atoms with Crippen molar-refractivity contribution in [2.24, 2.45) is 5.41 Å². The molecule has 23 heavy (non-hydrogen) atoms. The molecule has 2 fully saturated rings. The molecule has 6 heteroatoms. The van der Waals surface area contributed by atoms with Crippen molar-refractivity contribution in [2.45, 2.75) is 25.3 Å². The Balaban J connectivity index is 1.83. The molecule has 1 aromatic carbocycles. The smallest absolute Gasteiger partial charge is 0.256 e. The molecule has 2 aliphatic heterocycles. The van der Waals surface area contributed by atoms with Gasteiger partial charge in [0.25, 0.3) is 5.91 Å². The van der Waals surface area contributed by atoms with Gasteiger partial charge in [0.1, 0.15) is 5.82 Å². The van der Waals surface area contributed by atoms with Crippen LogP contribution in [-0.2, 0) is 0 Å². The number of amides is 1. The van der Waals surface area contributed by atoms with E-state index in [9.17, 15) is 14.3 Å². The monoisotopic (exact) mass is 340 g/mol. The van der Waals surface area contributed by atoms with Crippen molar-refractivity contribution in [1.29, 1.82) is 0 Å². The van der Waals surface area contributed by atoms with Crippen molar-refractivity contribution in [1.82, 2.24) is 9.80 Å². The van der Waals surface area contributed by atoms with E-state index in [0.29, 0.717) is 18.1 Å². The van der Waals surface area contributed by atoms with Crippen molar-refractivity contribution in [2.75, 3.05) is 33.3 Å². The van der Waals surface area contributed by atoms with Crippen LogP contribution < -0.4 is 0 Å². The summed E-state index contributed by atoms with van der Waals surface area (Å²) in [4.78, 5) is 16.6. The van der Waals surface area contributed by atoms with Crippen molar-refractivity contribution in [3.05, 3.63) is 34.6 Å². The molecular formula is C17H22ClFN2O2. The SMILES string of the molecule is CN1CCC[C@]2(CO)CCN(C(=O)c3cc(Cl)ccc3F)C[C@@H]12. The normalized spacial score (nSPS) is 28.5. The summed E-state index contributed by atoms with van der Waals surface area (Å²) in [5.41, 5.74) is -0.121. The van der Waals surface area contributed by atoms with Gasteiger partial charge in [-0.15, -0.1) is 0 Å². The number of fused-ring (bicyclic) bond motifs is 1. The van der Waals surface area contributed by atoms with E-state index in [1.807, 2.05) is 7.05 Å². The summed E-state index contributed by atoms with van der Waals surface area (Å²) in [5, 5.41) is 10.3. The summed E-state index contributed by atoms with van der Waals surface area (Å²) < 4.78 is 14.0. The second kappa shape index (κ2) is 6.38. The number of carbonyl (C=O) groups is 1. The first kappa shape index (κ1) is 16.7. The lowest BCUT2D eigenvalue weighted by molar-refractivity contribution is -0.0601. The third-order valence-corrected chi connectivity index (χ3v) is 5.69. The van der Waals surface area contributed by atoms with Gasteiger partial charge in [0, 0.05) is 29.6 Å². The fourth-order valence-corrected chi connectivity index (χ4v) is 4.20. The van der Waals surface area contributed by atoms with E-state index in [4.69, 9.17) is 11.6 Å². The third kappa shape index (κ3) is 2.97. The highest BCUT2D eigenvalue weighted by atomic mass is 35.5. The Bertz CT molecular complexity index is 612. The Morgan fingerprint density at radius 1 is 1.43 bits per heavy atom. The zero-order valence-electron chi connectivity index (χ0n) is 13.3. The van der Waals surface area contributed by atoms with Crippen LogP contribution >= 0.6 is 11.6 Å². The zero-order valence-corrected chi connectivity index (χ0v) is 14.0. The molecule has 2 aliphatic rings. The zero-order chi connectivity index (χ0) is 16.6. The van der Waals surface area contributed by atoms with Crippen LogP contribution in [0.5, 0.6) is 0 Å². The molecule has 126 valence electrons. The maximum absolute atomic E-state index is 14.0. The van der Waals surface area contributed by atoms with Gasteiger partial charge in [-0.25, -0.2) is 4.39 Å². The molecule has 0 aliphatic carbocycles. The number of carbonyl (C=O) groups excluding carboxylic acids is 1. The first-order valence-corrected chi connectivity index (χ1v) is 8.40. The number of hydrogen-bond donors (Lipinski definition) is 1. The quantitative estimate of drug-likeness (QED) is 0.899. The topological polar surface area (TPSA) is 43.8 Å². The van der Waals surface area contributed by atoms with Gasteiger partial charge in [0.15, 0.2) is 0 Å². The number of hydrogen-bond acceptors (Lipinski definition) is 3. The van der Waals surface area contributed by atoms with E-state index < -0.39 is 5.82 Å². The molecule has 1 N–H and O–H groups in total. The minimum atomic E-state index is -0.546. The highest BCUT2D eigenvalue weighted by molar-refractivity contribution is 6.31. The molecule has 0 aromatic heterocycles. The molecular weight excluding hydrogens is 319 g/mol. The van der Waals surface area contributed by atoms with E-state index in [1.54, 1.807) is 4.90 Å². The molecule has 4 nitrogen and oxygen atoms in total. The largest absolute Gasteiger partial charge is 0.396 e. The van der Waals surface area contributed by atoms with E-state index in [1.165, 1.54) is 18.2 Å². The van der Waals surface area contributed by atoms with Crippen molar-refractivity contribution in [3.63, 3.8) is 0 Å². The van der Waals surface area contributed by atoms with Crippen molar-refractivity contribution >= 4 is 17.5 Å². The summed E-state index contributed by atoms with van der Waals surface area (Å²) >= 11 is 5.90. The highest BCUT2D eigenvalue weighted by Crippen LogP contribution is 2.41. The summed E-state index contributed by atoms with van der Waals surface area (Å²) in [6, 6.07) is 4.17. The molecule has 1 aromatic rings. The van der Waals surface area contributed by atoms with Gasteiger partial charge in [0.05, 0.1) is 12.2 Å². The Hall–Kier alpha value is -1.17. The van der Waals surface area contributed by atoms with Crippen LogP contribution in [-0.4, -0.2) is 60.1 Å². The number of nitrogens with zero attached hydrogens (tertiary/aromatic N) is 2. The molecule has 3 rings (SSSR count). The number of likely N-dealkylation sites (N-methyl/N-ethyl adjacent to an activating group) is 1. The Labute approximate surface area is 140 Å². The molecule has 2 saturated heterocycles. The van der Waals surface area contributed by atoms with Crippen LogP contribution in [0.25, 0.3) is 0 Å². The van der Waals surface area contributed by atoms with Crippen LogP contribution in [0.1, 0.15) is 29.6 Å². The van der Waals surface area contributed by atoms with Gasteiger partial charge >= 0.3 is 0 Å². The van der Waals surface area contributed by atoms with Gasteiger partial charge in [-0.3, -0.25) is 4.79 Å². The number of aliphatic hydroxyl groups is 1. The lowest BCUT2D eigenvalue weighted by atomic mass is 9.69. The van der Waals surface area contributed by atoms with Gasteiger partial charge in [-0.1, -0.05) is 11.6 Å². The van der Waals surface area contributed by atoms with Crippen LogP contribution in [0.15, 0.2) is 18.2 Å². The van der Waals surface area contributed by atoms with Gasteiger partial charge < -0.3 is 14.9 Å². The van der Waals surface area contributed by atoms with Crippen LogP contribution in [0.2, 0.25) is 5.02 Å². The number of rotatable bonds is 2. The summed E-state index contributed by atoms with van der Waals surface area (Å²) in [6.07, 6.45) is 2.78. The first-order chi connectivity index (χ1) is 11.0. The lowest BCUT2D eigenvalue weighted by Gasteiger charge is -2.53. The first-order valence-electron chi connectivity index (χ1n) is 8.02. The molecule has 1 amide bonds. The second-order valence-electron chi connectivity index (χ2n) is 6.75. The van der Waals surface area contributed by atoms with E-state index in [0.717, 1.165) is 25.8 Å². The molecule has 0 radical (unpaired) electrons. The van der Waals surface area contributed by atoms with Crippen LogP contribution in [0, 0.1) is 11.2 Å². The van der Waals surface area contributed by atoms with Crippen LogP contribution in [0.4, 0.5) is 4.39 Å². The third-order valence-electron chi connectivity index (χ3n) is 5.46. The molecule has 0 unspecified atom stereocenters. The number of halogens is 2. The number of benzene rings is 1. The fourth-order valence-electron chi connectivity index (χ4n) is 4.03. The summed E-state index contributed by atoms with van der Waals surface area (Å²) in [6.45, 7) is 2.15. The van der Waals surface area contributed by atoms with E-state index in [-0.39, 0.29) is 29.5 Å². The predicted molar refractivity (Wildman–Crippen MR) is 87.1 cm³/mol. The van der Waals surface area contributed by atoms with Crippen molar-refractivity contribution < 1.29 is 14.3 Å². The fraction of sp³-hybridized carbons (Fsp3) is 0.588. The molecule has 2 atom stereocenters. The average Bonchev–Trinajstić information content (AvgIpc) is 2.56. The predicted octanol–water partition coefficient (Wildman–Crippen LogP) is 2.40. The maximum atomic E-state index is 14.0. The van der Waals surface area contributed by atoms with Gasteiger partial charge in [-0.05, 0) is 51.1 Å². The van der Waals surface area contributed by atoms with Crippen LogP contribution in [0.3, 0.4) is 0 Å². The number of likely N-dealkylation sites (tertiary alicyclic amines) is 2. The number of aliphatic hydroxyl groups excluding tert-OH is 1. The van der Waals surface area contributed by atoms with Crippen molar-refractivity contribution in [3.8, 4) is 0 Å². The second-order valence-corrected chi connectivity index (χ2v) is 7.18. The minimum absolute atomic E-state index is 0.0208. The summed E-state index contributed by atoms with van der Waals surface area (Å²) in [5.74, 6) is -0.870. The maximum Gasteiger partial charge on any atom is 0.256 e. The minimum Gasteiger partial charge on any atom is -0.396 e. The van der Waals surface area contributed by atoms with E-state index in [2.05, 4.69) is 4.90 Å². The number of piperidine rings is 2. The summed E-state index contributed by atoms with van der Waals surface area (Å²) in [7, 11) is 2.03. The molecule has 0 bridgehead atoms. The molecule has 0 saturated carbocycles. The standard InChI is InChI=1S/C17H22ClFN2O2/c1-20-7-2-5-17(11-22)6-8-21(10-15(17)20)16(23)13-9-12(18)3-4-14(13)19/h3-4,9,15,22H,2,5-8,10-11H2,1H3/t15-,17-/m1/s1. The molecule has 2 heterocycles. The average molecular weight is 341 g/mol. The van der Waals surface area contributed by atoms with Gasteiger partial charge in [-0.2, -0.15) is 0 Å². The van der Waals surface area contributed by atoms with E-state index >= 15 is 0 Å². The highest BCUT2D eigenvalue weighted by Gasteiger charge is 2.47. The molecule has 0 spiro atoms. The Morgan fingerprint density at radius 3 is 2.96 bits per heavy atom. The Kier molecular flexibility index (Phi) is 4.63. The Morgan fingerprint density at radius 2 is 2.22 bits per heavy atom. The lowest BCUT2D eigenvalue weighted by Crippen LogP contribution is -2.62. The van der Waals surface area contributed by atoms with Gasteiger partial charge in [0.2, 0.25) is 0 Å².